The van der Waals surface area contributed by atoms with Crippen molar-refractivity contribution in [2.24, 2.45) is 5.92 Å². The molecule has 2 heterocycles. The number of aromatic nitrogens is 1. The van der Waals surface area contributed by atoms with E-state index >= 15 is 0 Å². The number of amides is 1. The Labute approximate surface area is 141 Å². The molecule has 1 aromatic carbocycles. The summed E-state index contributed by atoms with van der Waals surface area (Å²) in [6.45, 7) is 1.48. The van der Waals surface area contributed by atoms with Gasteiger partial charge in [0.25, 0.3) is 5.91 Å². The molecular formula is C17H17BN2O2S. The van der Waals surface area contributed by atoms with Crippen molar-refractivity contribution in [2.75, 3.05) is 18.5 Å². The summed E-state index contributed by atoms with van der Waals surface area (Å²) in [5.74, 6) is 0.203. The minimum atomic E-state index is -0.142. The highest BCUT2D eigenvalue weighted by Crippen LogP contribution is 2.24. The molecular weight excluding hydrogens is 307 g/mol. The average molecular weight is 324 g/mol. The standard InChI is InChI=1S/C17H17BN2O2S/c18-14-3-1-13(2-4-14)15(11-12-5-8-22-9-6-12)16(21)20-17-19-7-10-23-17/h1-4,7,10-12H,5-6,8-9H2,(H,19,20,21)/b15-11+. The van der Waals surface area contributed by atoms with Gasteiger partial charge in [-0.15, -0.1) is 11.3 Å². The van der Waals surface area contributed by atoms with Gasteiger partial charge in [-0.05, 0) is 24.3 Å². The van der Waals surface area contributed by atoms with Crippen LogP contribution in [0.5, 0.6) is 0 Å². The summed E-state index contributed by atoms with van der Waals surface area (Å²) >= 11 is 1.40. The van der Waals surface area contributed by atoms with Gasteiger partial charge in [0.15, 0.2) is 5.13 Å². The molecule has 0 atom stereocenters. The van der Waals surface area contributed by atoms with Gasteiger partial charge >= 0.3 is 0 Å². The Morgan fingerprint density at radius 1 is 1.30 bits per heavy atom. The maximum Gasteiger partial charge on any atom is 0.257 e. The molecule has 1 fully saturated rings. The molecule has 6 heteroatoms. The number of allylic oxidation sites excluding steroid dienone is 1. The van der Waals surface area contributed by atoms with Gasteiger partial charge in [0.05, 0.1) is 0 Å². The number of nitrogens with zero attached hydrogens (tertiary/aromatic N) is 1. The maximum atomic E-state index is 12.7. The first-order chi connectivity index (χ1) is 11.2. The molecule has 2 radical (unpaired) electrons. The van der Waals surface area contributed by atoms with E-state index in [-0.39, 0.29) is 5.91 Å². The third-order valence-corrected chi connectivity index (χ3v) is 4.48. The third-order valence-electron chi connectivity index (χ3n) is 3.79. The van der Waals surface area contributed by atoms with Crippen LogP contribution in [-0.4, -0.2) is 32.0 Å². The molecule has 0 bridgehead atoms. The van der Waals surface area contributed by atoms with E-state index in [1.165, 1.54) is 11.3 Å². The lowest BCUT2D eigenvalue weighted by molar-refractivity contribution is -0.111. The first kappa shape index (κ1) is 16.0. The molecule has 0 saturated carbocycles. The first-order valence-corrected chi connectivity index (χ1v) is 8.46. The van der Waals surface area contributed by atoms with Crippen LogP contribution in [0.2, 0.25) is 0 Å². The summed E-state index contributed by atoms with van der Waals surface area (Å²) in [5, 5.41) is 5.30. The van der Waals surface area contributed by atoms with E-state index in [1.54, 1.807) is 6.20 Å². The van der Waals surface area contributed by atoms with E-state index in [1.807, 2.05) is 29.6 Å². The lowest BCUT2D eigenvalue weighted by atomic mass is 9.91. The van der Waals surface area contributed by atoms with Gasteiger partial charge in [-0.2, -0.15) is 0 Å². The summed E-state index contributed by atoms with van der Waals surface area (Å²) in [6, 6.07) is 7.37. The summed E-state index contributed by atoms with van der Waals surface area (Å²) in [4.78, 5) is 16.8. The second kappa shape index (κ2) is 7.57. The maximum absolute atomic E-state index is 12.7. The van der Waals surface area contributed by atoms with Crippen LogP contribution in [0, 0.1) is 5.92 Å². The monoisotopic (exact) mass is 324 g/mol. The third kappa shape index (κ3) is 4.30. The van der Waals surface area contributed by atoms with E-state index in [9.17, 15) is 4.79 Å². The fourth-order valence-corrected chi connectivity index (χ4v) is 3.06. The molecule has 1 saturated heterocycles. The van der Waals surface area contributed by atoms with Crippen LogP contribution in [0.25, 0.3) is 5.57 Å². The van der Waals surface area contributed by atoms with E-state index in [0.717, 1.165) is 31.6 Å². The van der Waals surface area contributed by atoms with E-state index in [2.05, 4.69) is 16.4 Å². The summed E-state index contributed by atoms with van der Waals surface area (Å²) in [7, 11) is 5.75. The molecule has 1 aromatic heterocycles. The number of benzene rings is 1. The Kier molecular flexibility index (Phi) is 5.25. The molecule has 1 N–H and O–H groups in total. The van der Waals surface area contributed by atoms with Gasteiger partial charge in [0, 0.05) is 30.4 Å². The minimum Gasteiger partial charge on any atom is -0.381 e. The highest BCUT2D eigenvalue weighted by Gasteiger charge is 2.18. The molecule has 116 valence electrons. The number of anilines is 1. The summed E-state index contributed by atoms with van der Waals surface area (Å²) in [6.07, 6.45) is 5.59. The molecule has 1 amide bonds. The van der Waals surface area contributed by atoms with Crippen LogP contribution < -0.4 is 10.8 Å². The van der Waals surface area contributed by atoms with Crippen LogP contribution >= 0.6 is 11.3 Å². The summed E-state index contributed by atoms with van der Waals surface area (Å²) < 4.78 is 5.39. The van der Waals surface area contributed by atoms with Crippen molar-refractivity contribution in [1.82, 2.24) is 4.98 Å². The van der Waals surface area contributed by atoms with Crippen molar-refractivity contribution in [3.63, 3.8) is 0 Å². The number of ether oxygens (including phenoxy) is 1. The molecule has 1 aliphatic heterocycles. The highest BCUT2D eigenvalue weighted by atomic mass is 32.1. The van der Waals surface area contributed by atoms with E-state index < -0.39 is 0 Å². The zero-order chi connectivity index (χ0) is 16.1. The number of thiazole rings is 1. The Hall–Kier alpha value is -1.92. The van der Waals surface area contributed by atoms with Crippen molar-refractivity contribution in [3.8, 4) is 0 Å². The van der Waals surface area contributed by atoms with Crippen molar-refractivity contribution in [1.29, 1.82) is 0 Å². The second-order valence-corrected chi connectivity index (χ2v) is 6.34. The Morgan fingerprint density at radius 3 is 2.70 bits per heavy atom. The zero-order valence-corrected chi connectivity index (χ0v) is 13.5. The molecule has 4 nitrogen and oxygen atoms in total. The molecule has 3 rings (SSSR count). The molecule has 0 unspecified atom stereocenters. The largest absolute Gasteiger partial charge is 0.381 e. The zero-order valence-electron chi connectivity index (χ0n) is 12.7. The summed E-state index contributed by atoms with van der Waals surface area (Å²) in [5.41, 5.74) is 2.20. The number of rotatable bonds is 4. The highest BCUT2D eigenvalue weighted by molar-refractivity contribution is 7.13. The number of hydrogen-bond donors (Lipinski definition) is 1. The SMILES string of the molecule is [B]c1ccc(/C(=C\C2CCOCC2)C(=O)Nc2nccs2)cc1. The van der Waals surface area contributed by atoms with Crippen LogP contribution in [-0.2, 0) is 9.53 Å². The quantitative estimate of drug-likeness (QED) is 0.694. The normalized spacial score (nSPS) is 16.3. The smallest absolute Gasteiger partial charge is 0.257 e. The minimum absolute atomic E-state index is 0.142. The number of carbonyl (C=O) groups is 1. The fraction of sp³-hybridized carbons (Fsp3) is 0.294. The van der Waals surface area contributed by atoms with Gasteiger partial charge in [0.2, 0.25) is 0 Å². The predicted molar refractivity (Wildman–Crippen MR) is 94.1 cm³/mol. The molecule has 0 spiro atoms. The number of carbonyl (C=O) groups excluding carboxylic acids is 1. The van der Waals surface area contributed by atoms with Gasteiger partial charge in [-0.1, -0.05) is 35.8 Å². The Balaban J connectivity index is 1.87. The second-order valence-electron chi connectivity index (χ2n) is 5.44. The van der Waals surface area contributed by atoms with Gasteiger partial charge in [-0.3, -0.25) is 10.1 Å². The van der Waals surface area contributed by atoms with Gasteiger partial charge < -0.3 is 4.74 Å². The van der Waals surface area contributed by atoms with E-state index in [4.69, 9.17) is 12.6 Å². The molecule has 1 aliphatic rings. The first-order valence-electron chi connectivity index (χ1n) is 7.58. The average Bonchev–Trinajstić information content (AvgIpc) is 3.07. The van der Waals surface area contributed by atoms with Crippen molar-refractivity contribution >= 4 is 41.3 Å². The topological polar surface area (TPSA) is 51.2 Å². The molecule has 0 aliphatic carbocycles. The van der Waals surface area contributed by atoms with Gasteiger partial charge in [0.1, 0.15) is 7.85 Å². The Morgan fingerprint density at radius 2 is 2.04 bits per heavy atom. The Bertz CT molecular complexity index is 677. The van der Waals surface area contributed by atoms with Crippen LogP contribution in [0.15, 0.2) is 41.9 Å². The fourth-order valence-electron chi connectivity index (χ4n) is 2.53. The lowest BCUT2D eigenvalue weighted by Crippen LogP contribution is -2.18. The van der Waals surface area contributed by atoms with Crippen molar-refractivity contribution < 1.29 is 9.53 Å². The van der Waals surface area contributed by atoms with Crippen molar-refractivity contribution in [2.45, 2.75) is 12.8 Å². The number of hydrogen-bond acceptors (Lipinski definition) is 4. The molecule has 2 aromatic rings. The van der Waals surface area contributed by atoms with Crippen LogP contribution in [0.4, 0.5) is 5.13 Å². The number of nitrogens with one attached hydrogen (secondary N) is 1. The van der Waals surface area contributed by atoms with Crippen LogP contribution in [0.3, 0.4) is 0 Å². The lowest BCUT2D eigenvalue weighted by Gasteiger charge is -2.20. The molecule has 23 heavy (non-hydrogen) atoms. The van der Waals surface area contributed by atoms with E-state index in [0.29, 0.717) is 22.1 Å². The predicted octanol–water partition coefficient (Wildman–Crippen LogP) is 2.39. The van der Waals surface area contributed by atoms with Crippen LogP contribution in [0.1, 0.15) is 18.4 Å². The van der Waals surface area contributed by atoms with Crippen molar-refractivity contribution in [3.05, 3.63) is 47.5 Å². The van der Waals surface area contributed by atoms with Gasteiger partial charge in [-0.25, -0.2) is 4.98 Å².